The lowest BCUT2D eigenvalue weighted by Crippen LogP contribution is -2.35. The fourth-order valence-corrected chi connectivity index (χ4v) is 3.01. The molecule has 1 saturated heterocycles. The van der Waals surface area contributed by atoms with Gasteiger partial charge in [0.25, 0.3) is 0 Å². The third-order valence-corrected chi connectivity index (χ3v) is 4.20. The highest BCUT2D eigenvalue weighted by atomic mass is 79.9. The number of anilines is 1. The molecule has 2 heterocycles. The zero-order valence-corrected chi connectivity index (χ0v) is 12.8. The monoisotopic (exact) mass is 311 g/mol. The maximum atomic E-state index is 4.61. The molecule has 0 aliphatic carbocycles. The van der Waals surface area contributed by atoms with Gasteiger partial charge in [-0.15, -0.1) is 0 Å². The largest absolute Gasteiger partial charge is 0.356 e. The standard InChI is InChI=1S/C14H22BrN3/c1-3-11-4-6-18(7-5-11)14-12(9-16-2)8-13(15)10-17-14/h8,10-11,16H,3-7,9H2,1-2H3. The highest BCUT2D eigenvalue weighted by Crippen LogP contribution is 2.27. The highest BCUT2D eigenvalue weighted by molar-refractivity contribution is 9.10. The molecule has 100 valence electrons. The van der Waals surface area contributed by atoms with Gasteiger partial charge in [-0.3, -0.25) is 0 Å². The summed E-state index contributed by atoms with van der Waals surface area (Å²) < 4.78 is 1.06. The second kappa shape index (κ2) is 6.53. The van der Waals surface area contributed by atoms with Crippen LogP contribution in [0.4, 0.5) is 5.82 Å². The molecule has 3 nitrogen and oxygen atoms in total. The van der Waals surface area contributed by atoms with Gasteiger partial charge in [-0.1, -0.05) is 13.3 Å². The summed E-state index contributed by atoms with van der Waals surface area (Å²) in [6.45, 7) is 5.45. The predicted octanol–water partition coefficient (Wildman–Crippen LogP) is 3.19. The number of piperidine rings is 1. The Labute approximate surface area is 118 Å². The highest BCUT2D eigenvalue weighted by Gasteiger charge is 2.20. The summed E-state index contributed by atoms with van der Waals surface area (Å²) in [4.78, 5) is 7.05. The minimum atomic E-state index is 0.871. The van der Waals surface area contributed by atoms with E-state index in [9.17, 15) is 0 Å². The Hall–Kier alpha value is -0.610. The number of nitrogens with one attached hydrogen (secondary N) is 1. The summed E-state index contributed by atoms with van der Waals surface area (Å²) >= 11 is 3.50. The van der Waals surface area contributed by atoms with Crippen molar-refractivity contribution in [3.63, 3.8) is 0 Å². The second-order valence-electron chi connectivity index (χ2n) is 5.01. The van der Waals surface area contributed by atoms with Gasteiger partial charge in [-0.05, 0) is 47.8 Å². The fourth-order valence-electron chi connectivity index (χ4n) is 2.63. The molecule has 1 N–H and O–H groups in total. The number of halogens is 1. The first kappa shape index (κ1) is 13.8. The molecule has 1 fully saturated rings. The van der Waals surface area contributed by atoms with Crippen LogP contribution in [0.1, 0.15) is 31.7 Å². The fraction of sp³-hybridized carbons (Fsp3) is 0.643. The normalized spacial score (nSPS) is 17.2. The Morgan fingerprint density at radius 1 is 1.44 bits per heavy atom. The molecule has 1 aliphatic rings. The average molecular weight is 312 g/mol. The minimum absolute atomic E-state index is 0.871. The summed E-state index contributed by atoms with van der Waals surface area (Å²) in [7, 11) is 1.98. The van der Waals surface area contributed by atoms with Crippen LogP contribution >= 0.6 is 15.9 Å². The second-order valence-corrected chi connectivity index (χ2v) is 5.92. The average Bonchev–Trinajstić information content (AvgIpc) is 2.40. The molecule has 0 spiro atoms. The first-order valence-electron chi connectivity index (χ1n) is 6.78. The molecular formula is C14H22BrN3. The van der Waals surface area contributed by atoms with Crippen LogP contribution in [0.5, 0.6) is 0 Å². The van der Waals surface area contributed by atoms with E-state index in [0.29, 0.717) is 0 Å². The van der Waals surface area contributed by atoms with Crippen LogP contribution in [0.2, 0.25) is 0 Å². The van der Waals surface area contributed by atoms with Crippen LogP contribution < -0.4 is 10.2 Å². The lowest BCUT2D eigenvalue weighted by atomic mass is 9.94. The molecule has 1 aliphatic heterocycles. The topological polar surface area (TPSA) is 28.2 Å². The Morgan fingerprint density at radius 2 is 2.17 bits per heavy atom. The van der Waals surface area contributed by atoms with Crippen LogP contribution in [0, 0.1) is 5.92 Å². The molecule has 1 aromatic heterocycles. The number of hydrogen-bond donors (Lipinski definition) is 1. The SMILES string of the molecule is CCC1CCN(c2ncc(Br)cc2CNC)CC1. The van der Waals surface area contributed by atoms with Gasteiger partial charge >= 0.3 is 0 Å². The molecule has 0 amide bonds. The molecular weight excluding hydrogens is 290 g/mol. The van der Waals surface area contributed by atoms with E-state index in [4.69, 9.17) is 0 Å². The van der Waals surface area contributed by atoms with Gasteiger partial charge in [0, 0.05) is 35.9 Å². The van der Waals surface area contributed by atoms with Gasteiger partial charge < -0.3 is 10.2 Å². The predicted molar refractivity (Wildman–Crippen MR) is 79.9 cm³/mol. The van der Waals surface area contributed by atoms with Gasteiger partial charge in [0.15, 0.2) is 0 Å². The quantitative estimate of drug-likeness (QED) is 0.925. The molecule has 0 aromatic carbocycles. The minimum Gasteiger partial charge on any atom is -0.356 e. The zero-order chi connectivity index (χ0) is 13.0. The van der Waals surface area contributed by atoms with E-state index < -0.39 is 0 Å². The summed E-state index contributed by atoms with van der Waals surface area (Å²) in [5, 5.41) is 3.22. The van der Waals surface area contributed by atoms with Gasteiger partial charge in [-0.2, -0.15) is 0 Å². The first-order chi connectivity index (χ1) is 8.74. The number of nitrogens with zero attached hydrogens (tertiary/aromatic N) is 2. The van der Waals surface area contributed by atoms with Crippen molar-refractivity contribution in [2.75, 3.05) is 25.0 Å². The Kier molecular flexibility index (Phi) is 5.01. The van der Waals surface area contributed by atoms with Crippen molar-refractivity contribution in [1.29, 1.82) is 0 Å². The maximum Gasteiger partial charge on any atom is 0.133 e. The van der Waals surface area contributed by atoms with Crippen molar-refractivity contribution < 1.29 is 0 Å². The molecule has 0 bridgehead atoms. The number of hydrogen-bond acceptors (Lipinski definition) is 3. The van der Waals surface area contributed by atoms with Crippen LogP contribution in [0.25, 0.3) is 0 Å². The van der Waals surface area contributed by atoms with Gasteiger partial charge in [0.2, 0.25) is 0 Å². The molecule has 0 radical (unpaired) electrons. The molecule has 1 aromatic rings. The van der Waals surface area contributed by atoms with Gasteiger partial charge in [-0.25, -0.2) is 4.98 Å². The molecule has 18 heavy (non-hydrogen) atoms. The van der Waals surface area contributed by atoms with E-state index in [2.05, 4.69) is 44.1 Å². The van der Waals surface area contributed by atoms with E-state index in [1.54, 1.807) is 0 Å². The summed E-state index contributed by atoms with van der Waals surface area (Å²) in [6, 6.07) is 2.17. The van der Waals surface area contributed by atoms with Crippen molar-refractivity contribution >= 4 is 21.7 Å². The number of rotatable bonds is 4. The van der Waals surface area contributed by atoms with Crippen molar-refractivity contribution in [3.8, 4) is 0 Å². The van der Waals surface area contributed by atoms with E-state index in [1.807, 2.05) is 13.2 Å². The Bertz CT molecular complexity index is 387. The summed E-state index contributed by atoms with van der Waals surface area (Å²) in [5.74, 6) is 2.06. The van der Waals surface area contributed by atoms with Crippen LogP contribution in [0.15, 0.2) is 16.7 Å². The van der Waals surface area contributed by atoms with E-state index >= 15 is 0 Å². The third kappa shape index (κ3) is 3.23. The Balaban J connectivity index is 2.13. The summed E-state index contributed by atoms with van der Waals surface area (Å²) in [5.41, 5.74) is 1.28. The first-order valence-corrected chi connectivity index (χ1v) is 7.57. The Morgan fingerprint density at radius 3 is 2.78 bits per heavy atom. The molecule has 0 saturated carbocycles. The molecule has 0 atom stereocenters. The van der Waals surface area contributed by atoms with Crippen molar-refractivity contribution in [1.82, 2.24) is 10.3 Å². The van der Waals surface area contributed by atoms with Crippen molar-refractivity contribution in [3.05, 3.63) is 22.3 Å². The number of aromatic nitrogens is 1. The van der Waals surface area contributed by atoms with Crippen LogP contribution in [-0.2, 0) is 6.54 Å². The van der Waals surface area contributed by atoms with Gasteiger partial charge in [0.05, 0.1) is 0 Å². The molecule has 0 unspecified atom stereocenters. The number of pyridine rings is 1. The van der Waals surface area contributed by atoms with E-state index in [-0.39, 0.29) is 0 Å². The summed E-state index contributed by atoms with van der Waals surface area (Å²) in [6.07, 6.45) is 5.81. The van der Waals surface area contributed by atoms with Crippen LogP contribution in [-0.4, -0.2) is 25.1 Å². The maximum absolute atomic E-state index is 4.61. The van der Waals surface area contributed by atoms with Crippen molar-refractivity contribution in [2.45, 2.75) is 32.7 Å². The lowest BCUT2D eigenvalue weighted by Gasteiger charge is -2.33. The van der Waals surface area contributed by atoms with E-state index in [0.717, 1.165) is 35.8 Å². The molecule has 4 heteroatoms. The van der Waals surface area contributed by atoms with Crippen molar-refractivity contribution in [2.24, 2.45) is 5.92 Å². The zero-order valence-electron chi connectivity index (χ0n) is 11.2. The third-order valence-electron chi connectivity index (χ3n) is 3.77. The van der Waals surface area contributed by atoms with Gasteiger partial charge in [0.1, 0.15) is 5.82 Å². The lowest BCUT2D eigenvalue weighted by molar-refractivity contribution is 0.393. The van der Waals surface area contributed by atoms with Crippen LogP contribution in [0.3, 0.4) is 0 Å². The smallest absolute Gasteiger partial charge is 0.133 e. The molecule has 2 rings (SSSR count). The van der Waals surface area contributed by atoms with E-state index in [1.165, 1.54) is 24.8 Å².